The Morgan fingerprint density at radius 1 is 1.06 bits per heavy atom. The Bertz CT molecular complexity index is 883. The molecule has 0 saturated carbocycles. The zero-order valence-electron chi connectivity index (χ0n) is 19.1. The van der Waals surface area contributed by atoms with Gasteiger partial charge in [0.1, 0.15) is 6.04 Å². The summed E-state index contributed by atoms with van der Waals surface area (Å²) in [7, 11) is 0. The Hall–Kier alpha value is -1.98. The largest absolute Gasteiger partial charge is 0.352 e. The zero-order chi connectivity index (χ0) is 23.0. The first-order valence-electron chi connectivity index (χ1n) is 10.7. The minimum atomic E-state index is -0.567. The molecule has 0 spiro atoms. The second-order valence-corrected chi connectivity index (χ2v) is 9.56. The van der Waals surface area contributed by atoms with Crippen molar-refractivity contribution in [2.75, 3.05) is 5.75 Å². The number of halogens is 1. The van der Waals surface area contributed by atoms with Crippen LogP contribution in [-0.2, 0) is 21.9 Å². The molecule has 168 valence electrons. The SMILES string of the molecule is CC[C@@H](C)NC(=O)[C@H](C)N(Cc1cccc(Cl)c1)C(=O)CSCc1cc(C)cc(C)c1. The molecule has 0 aliphatic carbocycles. The number of nitrogens with zero attached hydrogens (tertiary/aromatic N) is 1. The monoisotopic (exact) mass is 460 g/mol. The molecule has 0 unspecified atom stereocenters. The maximum absolute atomic E-state index is 13.1. The van der Waals surface area contributed by atoms with Crippen molar-refractivity contribution in [3.63, 3.8) is 0 Å². The molecule has 0 fully saturated rings. The number of aryl methyl sites for hydroxylation is 2. The highest BCUT2D eigenvalue weighted by Crippen LogP contribution is 2.19. The smallest absolute Gasteiger partial charge is 0.242 e. The van der Waals surface area contributed by atoms with Gasteiger partial charge < -0.3 is 10.2 Å². The highest BCUT2D eigenvalue weighted by atomic mass is 35.5. The minimum absolute atomic E-state index is 0.0545. The van der Waals surface area contributed by atoms with E-state index in [4.69, 9.17) is 11.6 Å². The van der Waals surface area contributed by atoms with E-state index in [1.54, 1.807) is 29.7 Å². The van der Waals surface area contributed by atoms with E-state index in [9.17, 15) is 9.59 Å². The molecule has 4 nitrogen and oxygen atoms in total. The summed E-state index contributed by atoms with van der Waals surface area (Å²) in [5.74, 6) is 0.881. The lowest BCUT2D eigenvalue weighted by Crippen LogP contribution is -2.50. The van der Waals surface area contributed by atoms with Gasteiger partial charge in [-0.3, -0.25) is 9.59 Å². The maximum Gasteiger partial charge on any atom is 0.242 e. The van der Waals surface area contributed by atoms with Gasteiger partial charge in [0, 0.05) is 23.4 Å². The van der Waals surface area contributed by atoms with Crippen molar-refractivity contribution in [3.8, 4) is 0 Å². The van der Waals surface area contributed by atoms with Gasteiger partial charge in [0.2, 0.25) is 11.8 Å². The number of nitrogens with one attached hydrogen (secondary N) is 1. The van der Waals surface area contributed by atoms with Crippen molar-refractivity contribution in [1.29, 1.82) is 0 Å². The lowest BCUT2D eigenvalue weighted by molar-refractivity contribution is -0.138. The highest BCUT2D eigenvalue weighted by molar-refractivity contribution is 7.99. The highest BCUT2D eigenvalue weighted by Gasteiger charge is 2.26. The normalized spacial score (nSPS) is 12.8. The summed E-state index contributed by atoms with van der Waals surface area (Å²) >= 11 is 7.70. The molecule has 2 aromatic rings. The molecule has 0 bridgehead atoms. The second-order valence-electron chi connectivity index (χ2n) is 8.13. The van der Waals surface area contributed by atoms with Crippen LogP contribution in [0.4, 0.5) is 0 Å². The number of hydrogen-bond acceptors (Lipinski definition) is 3. The molecule has 2 rings (SSSR count). The number of amides is 2. The first kappa shape index (κ1) is 25.3. The molecule has 2 aromatic carbocycles. The summed E-state index contributed by atoms with van der Waals surface area (Å²) in [5.41, 5.74) is 4.56. The Morgan fingerprint density at radius 3 is 2.35 bits per heavy atom. The molecule has 31 heavy (non-hydrogen) atoms. The van der Waals surface area contributed by atoms with E-state index in [-0.39, 0.29) is 17.9 Å². The van der Waals surface area contributed by atoms with Crippen molar-refractivity contribution in [1.82, 2.24) is 10.2 Å². The lowest BCUT2D eigenvalue weighted by Gasteiger charge is -2.29. The van der Waals surface area contributed by atoms with E-state index < -0.39 is 6.04 Å². The fraction of sp³-hybridized carbons (Fsp3) is 0.440. The lowest BCUT2D eigenvalue weighted by atomic mass is 10.1. The van der Waals surface area contributed by atoms with Gasteiger partial charge >= 0.3 is 0 Å². The quantitative estimate of drug-likeness (QED) is 0.507. The van der Waals surface area contributed by atoms with Crippen LogP contribution in [0.5, 0.6) is 0 Å². The van der Waals surface area contributed by atoms with Gasteiger partial charge in [0.15, 0.2) is 0 Å². The molecular formula is C25H33ClN2O2S. The van der Waals surface area contributed by atoms with Gasteiger partial charge in [0.25, 0.3) is 0 Å². The van der Waals surface area contributed by atoms with Crippen molar-refractivity contribution < 1.29 is 9.59 Å². The molecule has 0 saturated heterocycles. The third-order valence-corrected chi connectivity index (χ3v) is 6.41. The Morgan fingerprint density at radius 2 is 1.74 bits per heavy atom. The summed E-state index contributed by atoms with van der Waals surface area (Å²) in [6.07, 6.45) is 0.840. The van der Waals surface area contributed by atoms with Crippen LogP contribution in [-0.4, -0.2) is 34.6 Å². The van der Waals surface area contributed by atoms with Gasteiger partial charge in [0.05, 0.1) is 5.75 Å². The molecule has 1 N–H and O–H groups in total. The average molecular weight is 461 g/mol. The zero-order valence-corrected chi connectivity index (χ0v) is 20.6. The van der Waals surface area contributed by atoms with Crippen molar-refractivity contribution in [3.05, 3.63) is 69.7 Å². The van der Waals surface area contributed by atoms with E-state index >= 15 is 0 Å². The fourth-order valence-corrected chi connectivity index (χ4v) is 4.43. The third-order valence-electron chi connectivity index (χ3n) is 5.19. The Balaban J connectivity index is 2.09. The van der Waals surface area contributed by atoms with Crippen molar-refractivity contribution in [2.45, 2.75) is 65.4 Å². The van der Waals surface area contributed by atoms with Gasteiger partial charge in [-0.25, -0.2) is 0 Å². The van der Waals surface area contributed by atoms with E-state index in [2.05, 4.69) is 37.4 Å². The average Bonchev–Trinajstić information content (AvgIpc) is 2.70. The Labute approximate surface area is 195 Å². The summed E-state index contributed by atoms with van der Waals surface area (Å²) in [6, 6.07) is 13.4. The maximum atomic E-state index is 13.1. The van der Waals surface area contributed by atoms with Crippen molar-refractivity contribution in [2.24, 2.45) is 0 Å². The molecular weight excluding hydrogens is 428 g/mol. The van der Waals surface area contributed by atoms with Gasteiger partial charge in [-0.2, -0.15) is 0 Å². The molecule has 0 radical (unpaired) electrons. The van der Waals surface area contributed by atoms with Gasteiger partial charge in [-0.1, -0.05) is 60.0 Å². The second kappa shape index (κ2) is 12.2. The summed E-state index contributed by atoms with van der Waals surface area (Å²) in [5, 5.41) is 3.61. The van der Waals surface area contributed by atoms with Gasteiger partial charge in [-0.05, 0) is 57.4 Å². The summed E-state index contributed by atoms with van der Waals surface area (Å²) in [6.45, 7) is 10.3. The van der Waals surface area contributed by atoms with Crippen LogP contribution >= 0.6 is 23.4 Å². The van der Waals surface area contributed by atoms with E-state index in [1.165, 1.54) is 16.7 Å². The van der Waals surface area contributed by atoms with E-state index in [1.807, 2.05) is 32.0 Å². The molecule has 0 aliphatic rings. The fourth-order valence-electron chi connectivity index (χ4n) is 3.37. The van der Waals surface area contributed by atoms with Crippen LogP contribution in [0, 0.1) is 13.8 Å². The van der Waals surface area contributed by atoms with Crippen LogP contribution in [0.2, 0.25) is 5.02 Å². The number of hydrogen-bond donors (Lipinski definition) is 1. The van der Waals surface area contributed by atoms with Crippen LogP contribution in [0.15, 0.2) is 42.5 Å². The first-order valence-corrected chi connectivity index (χ1v) is 12.2. The molecule has 2 amide bonds. The summed E-state index contributed by atoms with van der Waals surface area (Å²) < 4.78 is 0. The number of benzene rings is 2. The number of rotatable bonds is 10. The number of thioether (sulfide) groups is 1. The van der Waals surface area contributed by atoms with Crippen LogP contribution in [0.25, 0.3) is 0 Å². The van der Waals surface area contributed by atoms with Crippen LogP contribution in [0.1, 0.15) is 49.4 Å². The summed E-state index contributed by atoms with van der Waals surface area (Å²) in [4.78, 5) is 27.5. The molecule has 0 aliphatic heterocycles. The number of carbonyl (C=O) groups is 2. The van der Waals surface area contributed by atoms with Crippen LogP contribution in [0.3, 0.4) is 0 Å². The molecule has 2 atom stereocenters. The third kappa shape index (κ3) is 8.23. The van der Waals surface area contributed by atoms with Crippen LogP contribution < -0.4 is 5.32 Å². The Kier molecular flexibility index (Phi) is 9.92. The van der Waals surface area contributed by atoms with E-state index in [0.717, 1.165) is 17.7 Å². The molecule has 6 heteroatoms. The first-order chi connectivity index (χ1) is 14.7. The predicted molar refractivity (Wildman–Crippen MR) is 131 cm³/mol. The molecule has 0 heterocycles. The predicted octanol–water partition coefficient (Wildman–Crippen LogP) is 5.52. The van der Waals surface area contributed by atoms with Gasteiger partial charge in [-0.15, -0.1) is 11.8 Å². The minimum Gasteiger partial charge on any atom is -0.352 e. The van der Waals surface area contributed by atoms with E-state index in [0.29, 0.717) is 17.3 Å². The topological polar surface area (TPSA) is 49.4 Å². The number of carbonyl (C=O) groups excluding carboxylic acids is 2. The molecule has 0 aromatic heterocycles. The van der Waals surface area contributed by atoms with Crippen molar-refractivity contribution >= 4 is 35.2 Å². The standard InChI is InChI=1S/C25H33ClN2O2S/c1-6-19(4)27-25(30)20(5)28(14-21-8-7-9-23(26)13-21)24(29)16-31-15-22-11-17(2)10-18(3)12-22/h7-13,19-20H,6,14-16H2,1-5H3,(H,27,30)/t19-,20+/m1/s1.